The van der Waals surface area contributed by atoms with E-state index in [1.807, 2.05) is 18.3 Å². The highest BCUT2D eigenvalue weighted by Crippen LogP contribution is 2.14. The molecule has 0 radical (unpaired) electrons. The van der Waals surface area contributed by atoms with Crippen LogP contribution in [0.3, 0.4) is 0 Å². The first kappa shape index (κ1) is 14.3. The van der Waals surface area contributed by atoms with E-state index in [0.717, 1.165) is 30.2 Å². The van der Waals surface area contributed by atoms with Crippen LogP contribution in [0.25, 0.3) is 0 Å². The molecule has 1 N–H and O–H groups in total. The normalized spacial score (nSPS) is 10.3. The molecule has 3 nitrogen and oxygen atoms in total. The zero-order valence-corrected chi connectivity index (χ0v) is 11.9. The number of nitrogens with zero attached hydrogens (tertiary/aromatic N) is 2. The highest BCUT2D eigenvalue weighted by Gasteiger charge is 2.02. The first-order valence-corrected chi connectivity index (χ1v) is 6.92. The summed E-state index contributed by atoms with van der Waals surface area (Å²) in [7, 11) is 0. The predicted molar refractivity (Wildman–Crippen MR) is 81.5 cm³/mol. The Morgan fingerprint density at radius 1 is 1.05 bits per heavy atom. The Kier molecular flexibility index (Phi) is 4.93. The van der Waals surface area contributed by atoms with E-state index >= 15 is 0 Å². The number of nitrogens with one attached hydrogen (secondary N) is 1. The van der Waals surface area contributed by atoms with Gasteiger partial charge in [-0.15, -0.1) is 0 Å². The third kappa shape index (κ3) is 3.70. The minimum atomic E-state index is -0.209. The lowest BCUT2D eigenvalue weighted by Gasteiger charge is -2.19. The van der Waals surface area contributed by atoms with Crippen molar-refractivity contribution in [1.29, 1.82) is 0 Å². The molecule has 0 aliphatic carbocycles. The molecule has 0 saturated heterocycles. The quantitative estimate of drug-likeness (QED) is 0.870. The van der Waals surface area contributed by atoms with Crippen LogP contribution in [0.5, 0.6) is 0 Å². The van der Waals surface area contributed by atoms with Gasteiger partial charge in [0.15, 0.2) is 0 Å². The monoisotopic (exact) mass is 273 g/mol. The van der Waals surface area contributed by atoms with E-state index in [4.69, 9.17) is 0 Å². The second-order valence-corrected chi connectivity index (χ2v) is 4.56. The molecule has 0 aliphatic heterocycles. The largest absolute Gasteiger partial charge is 0.380 e. The highest BCUT2D eigenvalue weighted by atomic mass is 19.1. The van der Waals surface area contributed by atoms with Crippen LogP contribution in [-0.2, 0) is 6.54 Å². The van der Waals surface area contributed by atoms with Crippen molar-refractivity contribution in [3.63, 3.8) is 0 Å². The Morgan fingerprint density at radius 3 is 2.30 bits per heavy atom. The van der Waals surface area contributed by atoms with Crippen LogP contribution in [0.15, 0.2) is 42.6 Å². The molecule has 0 bridgehead atoms. The van der Waals surface area contributed by atoms with Gasteiger partial charge in [0.1, 0.15) is 11.6 Å². The molecule has 106 valence electrons. The molecule has 20 heavy (non-hydrogen) atoms. The molecule has 0 spiro atoms. The first-order chi connectivity index (χ1) is 9.72. The molecular formula is C16H20FN3. The molecule has 2 rings (SSSR count). The van der Waals surface area contributed by atoms with Crippen LogP contribution in [0.2, 0.25) is 0 Å². The fourth-order valence-electron chi connectivity index (χ4n) is 2.03. The summed E-state index contributed by atoms with van der Waals surface area (Å²) in [5.41, 5.74) is 2.00. The van der Waals surface area contributed by atoms with Gasteiger partial charge in [0.2, 0.25) is 0 Å². The van der Waals surface area contributed by atoms with Crippen LogP contribution >= 0.6 is 0 Å². The standard InChI is InChI=1S/C16H20FN3/c1-3-20(4-2)16-10-9-15(12-19-16)18-11-13-5-7-14(17)8-6-13/h5-10,12,18H,3-4,11H2,1-2H3. The lowest BCUT2D eigenvalue weighted by atomic mass is 10.2. The van der Waals surface area contributed by atoms with E-state index in [1.165, 1.54) is 12.1 Å². The van der Waals surface area contributed by atoms with Gasteiger partial charge in [0.25, 0.3) is 0 Å². The Bertz CT molecular complexity index is 518. The highest BCUT2D eigenvalue weighted by molar-refractivity contribution is 5.48. The Labute approximate surface area is 119 Å². The summed E-state index contributed by atoms with van der Waals surface area (Å²) in [6.45, 7) is 6.79. The van der Waals surface area contributed by atoms with Gasteiger partial charge in [-0.1, -0.05) is 12.1 Å². The van der Waals surface area contributed by atoms with E-state index < -0.39 is 0 Å². The van der Waals surface area contributed by atoms with Crippen molar-refractivity contribution >= 4 is 11.5 Å². The summed E-state index contributed by atoms with van der Waals surface area (Å²) in [6, 6.07) is 10.5. The number of anilines is 2. The number of aromatic nitrogens is 1. The fourth-order valence-corrected chi connectivity index (χ4v) is 2.03. The van der Waals surface area contributed by atoms with E-state index in [0.29, 0.717) is 6.54 Å². The van der Waals surface area contributed by atoms with Gasteiger partial charge in [-0.3, -0.25) is 0 Å². The summed E-state index contributed by atoms with van der Waals surface area (Å²) in [4.78, 5) is 6.65. The number of pyridine rings is 1. The van der Waals surface area contributed by atoms with Crippen molar-refractivity contribution in [3.8, 4) is 0 Å². The second kappa shape index (κ2) is 6.89. The number of benzene rings is 1. The maximum atomic E-state index is 12.8. The van der Waals surface area contributed by atoms with E-state index in [9.17, 15) is 4.39 Å². The van der Waals surface area contributed by atoms with Crippen molar-refractivity contribution in [2.24, 2.45) is 0 Å². The SMILES string of the molecule is CCN(CC)c1ccc(NCc2ccc(F)cc2)cn1. The van der Waals surface area contributed by atoms with Crippen molar-refractivity contribution in [2.75, 3.05) is 23.3 Å². The molecule has 0 saturated carbocycles. The van der Waals surface area contributed by atoms with Gasteiger partial charge in [0.05, 0.1) is 11.9 Å². The number of hydrogen-bond acceptors (Lipinski definition) is 3. The van der Waals surface area contributed by atoms with Crippen LogP contribution in [0.1, 0.15) is 19.4 Å². The molecule has 0 amide bonds. The average Bonchev–Trinajstić information content (AvgIpc) is 2.49. The summed E-state index contributed by atoms with van der Waals surface area (Å²) < 4.78 is 12.8. The summed E-state index contributed by atoms with van der Waals surface area (Å²) in [5.74, 6) is 0.779. The molecule has 1 aromatic carbocycles. The van der Waals surface area contributed by atoms with Crippen molar-refractivity contribution in [1.82, 2.24) is 4.98 Å². The van der Waals surface area contributed by atoms with Gasteiger partial charge in [0, 0.05) is 19.6 Å². The number of rotatable bonds is 6. The minimum absolute atomic E-state index is 0.209. The molecule has 1 aromatic heterocycles. The fraction of sp³-hybridized carbons (Fsp3) is 0.312. The lowest BCUT2D eigenvalue weighted by Crippen LogP contribution is -2.22. The molecular weight excluding hydrogens is 253 g/mol. The Balaban J connectivity index is 1.95. The topological polar surface area (TPSA) is 28.2 Å². The smallest absolute Gasteiger partial charge is 0.128 e. The van der Waals surface area contributed by atoms with Crippen LogP contribution in [0.4, 0.5) is 15.9 Å². The Hall–Kier alpha value is -2.10. The third-order valence-electron chi connectivity index (χ3n) is 3.25. The number of halogens is 1. The summed E-state index contributed by atoms with van der Waals surface area (Å²) in [6.07, 6.45) is 1.83. The van der Waals surface area contributed by atoms with Crippen molar-refractivity contribution < 1.29 is 4.39 Å². The van der Waals surface area contributed by atoms with Gasteiger partial charge in [-0.2, -0.15) is 0 Å². The zero-order chi connectivity index (χ0) is 14.4. The van der Waals surface area contributed by atoms with Gasteiger partial charge < -0.3 is 10.2 Å². The maximum Gasteiger partial charge on any atom is 0.128 e. The zero-order valence-electron chi connectivity index (χ0n) is 11.9. The van der Waals surface area contributed by atoms with Crippen LogP contribution in [-0.4, -0.2) is 18.1 Å². The predicted octanol–water partition coefficient (Wildman–Crippen LogP) is 3.68. The third-order valence-corrected chi connectivity index (χ3v) is 3.25. The van der Waals surface area contributed by atoms with Crippen LogP contribution < -0.4 is 10.2 Å². The van der Waals surface area contributed by atoms with Crippen LogP contribution in [0, 0.1) is 5.82 Å². The first-order valence-electron chi connectivity index (χ1n) is 6.92. The van der Waals surface area contributed by atoms with E-state index in [-0.39, 0.29) is 5.82 Å². The van der Waals surface area contributed by atoms with Gasteiger partial charge in [-0.05, 0) is 43.7 Å². The molecule has 1 heterocycles. The molecule has 2 aromatic rings. The van der Waals surface area contributed by atoms with E-state index in [1.54, 1.807) is 12.1 Å². The average molecular weight is 273 g/mol. The number of hydrogen-bond donors (Lipinski definition) is 1. The molecule has 4 heteroatoms. The Morgan fingerprint density at radius 2 is 1.75 bits per heavy atom. The minimum Gasteiger partial charge on any atom is -0.380 e. The summed E-state index contributed by atoms with van der Waals surface area (Å²) in [5, 5.41) is 3.28. The second-order valence-electron chi connectivity index (χ2n) is 4.56. The maximum absolute atomic E-state index is 12.8. The van der Waals surface area contributed by atoms with Gasteiger partial charge >= 0.3 is 0 Å². The summed E-state index contributed by atoms with van der Waals surface area (Å²) >= 11 is 0. The van der Waals surface area contributed by atoms with Crippen molar-refractivity contribution in [3.05, 3.63) is 54.0 Å². The molecule has 0 atom stereocenters. The molecule has 0 fully saturated rings. The van der Waals surface area contributed by atoms with Gasteiger partial charge in [-0.25, -0.2) is 9.37 Å². The lowest BCUT2D eigenvalue weighted by molar-refractivity contribution is 0.627. The molecule has 0 unspecified atom stereocenters. The van der Waals surface area contributed by atoms with Crippen molar-refractivity contribution in [2.45, 2.75) is 20.4 Å². The van der Waals surface area contributed by atoms with E-state index in [2.05, 4.69) is 29.0 Å². The molecule has 0 aliphatic rings.